The van der Waals surface area contributed by atoms with Gasteiger partial charge in [0.1, 0.15) is 23.4 Å². The van der Waals surface area contributed by atoms with E-state index in [-0.39, 0.29) is 23.7 Å². The Kier molecular flexibility index (Phi) is 9.85. The second-order valence-electron chi connectivity index (χ2n) is 9.93. The third kappa shape index (κ3) is 7.11. The number of hydrogen-bond donors (Lipinski definition) is 2. The quantitative estimate of drug-likeness (QED) is 0.423. The van der Waals surface area contributed by atoms with Gasteiger partial charge in [0.05, 0.1) is 6.07 Å². The van der Waals surface area contributed by atoms with Gasteiger partial charge < -0.3 is 20.1 Å². The highest BCUT2D eigenvalue weighted by Gasteiger charge is 2.39. The van der Waals surface area contributed by atoms with Crippen LogP contribution in [-0.2, 0) is 9.59 Å². The number of carbonyl (C=O) groups is 3. The van der Waals surface area contributed by atoms with Crippen molar-refractivity contribution < 1.29 is 14.4 Å². The van der Waals surface area contributed by atoms with Gasteiger partial charge in [-0.3, -0.25) is 14.4 Å². The minimum atomic E-state index is -0.604. The van der Waals surface area contributed by atoms with Crippen molar-refractivity contribution in [3.63, 3.8) is 0 Å². The Hall–Kier alpha value is -3.90. The smallest absolute Gasteiger partial charge is 0.270 e. The standard InChI is InChI=1S/C21H27N5O2.C7H6ClNO/c1-13(2)8-18(21(28)26-12-14(3)9-16(26)11-22)25(4)20(27)17-10-15-6-5-7-23-19(15)24-17;8-6-1-3-7(4-2-6)9-5-10/h5-7,10,13-14,16,18H,8-9,12H2,1-4H3,(H,23,24);1-5H,(H,9,10). The predicted molar refractivity (Wildman–Crippen MR) is 147 cm³/mol. The van der Waals surface area contributed by atoms with Gasteiger partial charge in [0, 0.05) is 35.9 Å². The summed E-state index contributed by atoms with van der Waals surface area (Å²) in [6.07, 6.45) is 3.52. The zero-order valence-electron chi connectivity index (χ0n) is 22.0. The first-order valence-corrected chi connectivity index (χ1v) is 12.9. The van der Waals surface area contributed by atoms with Crippen LogP contribution in [0.4, 0.5) is 5.69 Å². The number of pyridine rings is 1. The summed E-state index contributed by atoms with van der Waals surface area (Å²) in [5, 5.41) is 13.4. The number of aromatic nitrogens is 2. The number of halogens is 1. The van der Waals surface area contributed by atoms with Crippen LogP contribution in [0.3, 0.4) is 0 Å². The Bertz CT molecular complexity index is 1270. The molecule has 3 unspecified atom stereocenters. The van der Waals surface area contributed by atoms with Gasteiger partial charge in [0.2, 0.25) is 12.3 Å². The van der Waals surface area contributed by atoms with E-state index >= 15 is 0 Å². The molecule has 3 amide bonds. The molecule has 9 nitrogen and oxygen atoms in total. The van der Waals surface area contributed by atoms with Crippen LogP contribution in [0.1, 0.15) is 44.1 Å². The van der Waals surface area contributed by atoms with Crippen molar-refractivity contribution >= 4 is 46.5 Å². The van der Waals surface area contributed by atoms with E-state index in [1.165, 1.54) is 4.90 Å². The Morgan fingerprint density at radius 2 is 2.03 bits per heavy atom. The van der Waals surface area contributed by atoms with Crippen LogP contribution in [0.15, 0.2) is 48.7 Å². The highest BCUT2D eigenvalue weighted by molar-refractivity contribution is 6.30. The maximum absolute atomic E-state index is 13.3. The molecule has 3 heterocycles. The maximum Gasteiger partial charge on any atom is 0.270 e. The third-order valence-corrected chi connectivity index (χ3v) is 6.65. The Balaban J connectivity index is 0.000000336. The van der Waals surface area contributed by atoms with E-state index in [2.05, 4.69) is 21.4 Å². The molecule has 38 heavy (non-hydrogen) atoms. The van der Waals surface area contributed by atoms with Gasteiger partial charge in [-0.25, -0.2) is 4.98 Å². The lowest BCUT2D eigenvalue weighted by Crippen LogP contribution is -2.51. The molecule has 200 valence electrons. The Morgan fingerprint density at radius 3 is 2.63 bits per heavy atom. The van der Waals surface area contributed by atoms with Gasteiger partial charge in [-0.15, -0.1) is 0 Å². The van der Waals surface area contributed by atoms with E-state index in [0.29, 0.717) is 42.2 Å². The molecule has 2 N–H and O–H groups in total. The second kappa shape index (κ2) is 13.1. The Labute approximate surface area is 227 Å². The van der Waals surface area contributed by atoms with Crippen molar-refractivity contribution in [2.75, 3.05) is 18.9 Å². The van der Waals surface area contributed by atoms with Crippen LogP contribution in [-0.4, -0.2) is 63.7 Å². The molecule has 1 fully saturated rings. The summed E-state index contributed by atoms with van der Waals surface area (Å²) in [6, 6.07) is 13.6. The molecule has 2 aromatic heterocycles. The fourth-order valence-corrected chi connectivity index (χ4v) is 4.62. The van der Waals surface area contributed by atoms with Crippen molar-refractivity contribution in [2.24, 2.45) is 11.8 Å². The van der Waals surface area contributed by atoms with Gasteiger partial charge in [-0.1, -0.05) is 32.4 Å². The van der Waals surface area contributed by atoms with Crippen molar-refractivity contribution in [1.29, 1.82) is 5.26 Å². The molecule has 1 saturated heterocycles. The molecule has 0 radical (unpaired) electrons. The van der Waals surface area contributed by atoms with Gasteiger partial charge in [0.25, 0.3) is 5.91 Å². The van der Waals surface area contributed by atoms with Crippen molar-refractivity contribution in [3.8, 4) is 6.07 Å². The lowest BCUT2D eigenvalue weighted by atomic mass is 10.0. The van der Waals surface area contributed by atoms with Crippen LogP contribution < -0.4 is 5.32 Å². The molecule has 3 aromatic rings. The molecule has 4 rings (SSSR count). The summed E-state index contributed by atoms with van der Waals surface area (Å²) in [6.45, 7) is 6.66. The van der Waals surface area contributed by atoms with Gasteiger partial charge >= 0.3 is 0 Å². The molecule has 1 aliphatic rings. The average Bonchev–Trinajstić information content (AvgIpc) is 3.51. The summed E-state index contributed by atoms with van der Waals surface area (Å²) in [5.74, 6) is 0.121. The molecule has 3 atom stereocenters. The molecular weight excluding hydrogens is 504 g/mol. The molecule has 0 aliphatic carbocycles. The van der Waals surface area contributed by atoms with Crippen molar-refractivity contribution in [1.82, 2.24) is 19.8 Å². The number of aromatic amines is 1. The number of nitriles is 1. The van der Waals surface area contributed by atoms with Gasteiger partial charge in [0.15, 0.2) is 0 Å². The van der Waals surface area contributed by atoms with Crippen LogP contribution in [0, 0.1) is 23.2 Å². The lowest BCUT2D eigenvalue weighted by molar-refractivity contribution is -0.136. The molecule has 1 aliphatic heterocycles. The fourth-order valence-electron chi connectivity index (χ4n) is 4.49. The minimum Gasteiger partial charge on any atom is -0.335 e. The molecule has 0 spiro atoms. The maximum atomic E-state index is 13.3. The highest BCUT2D eigenvalue weighted by Crippen LogP contribution is 2.26. The number of nitrogens with zero attached hydrogens (tertiary/aromatic N) is 4. The zero-order valence-corrected chi connectivity index (χ0v) is 22.8. The number of anilines is 1. The number of benzene rings is 1. The predicted octanol–water partition coefficient (Wildman–Crippen LogP) is 4.72. The van der Waals surface area contributed by atoms with E-state index in [9.17, 15) is 19.6 Å². The number of hydrogen-bond acceptors (Lipinski definition) is 5. The molecular formula is C28H33ClN6O3. The molecule has 1 aromatic carbocycles. The van der Waals surface area contributed by atoms with Crippen LogP contribution in [0.2, 0.25) is 5.02 Å². The summed E-state index contributed by atoms with van der Waals surface area (Å²) in [5.41, 5.74) is 1.80. The first-order valence-electron chi connectivity index (χ1n) is 12.5. The number of nitrogens with one attached hydrogen (secondary N) is 2. The van der Waals surface area contributed by atoms with Crippen LogP contribution in [0.5, 0.6) is 0 Å². The number of H-pyrrole nitrogens is 1. The monoisotopic (exact) mass is 536 g/mol. The number of amides is 3. The largest absolute Gasteiger partial charge is 0.335 e. The summed E-state index contributed by atoms with van der Waals surface area (Å²) < 4.78 is 0. The zero-order chi connectivity index (χ0) is 27.8. The van der Waals surface area contributed by atoms with Gasteiger partial charge in [-0.2, -0.15) is 5.26 Å². The number of carbonyl (C=O) groups excluding carboxylic acids is 3. The Morgan fingerprint density at radius 1 is 1.32 bits per heavy atom. The van der Waals surface area contributed by atoms with Gasteiger partial charge in [-0.05, 0) is 67.1 Å². The minimum absolute atomic E-state index is 0.144. The normalized spacial score (nSPS) is 17.3. The summed E-state index contributed by atoms with van der Waals surface area (Å²) in [4.78, 5) is 46.7. The average molecular weight is 537 g/mol. The van der Waals surface area contributed by atoms with Crippen LogP contribution in [0.25, 0.3) is 11.0 Å². The van der Waals surface area contributed by atoms with Crippen LogP contribution >= 0.6 is 11.6 Å². The van der Waals surface area contributed by atoms with E-state index in [1.54, 1.807) is 48.5 Å². The number of likely N-dealkylation sites (tertiary alicyclic amines) is 1. The number of rotatable bonds is 7. The topological polar surface area (TPSA) is 122 Å². The van der Waals surface area contributed by atoms with Crippen molar-refractivity contribution in [2.45, 2.75) is 45.7 Å². The van der Waals surface area contributed by atoms with E-state index in [4.69, 9.17) is 11.6 Å². The second-order valence-corrected chi connectivity index (χ2v) is 10.4. The third-order valence-electron chi connectivity index (χ3n) is 6.40. The van der Waals surface area contributed by atoms with Crippen molar-refractivity contribution in [3.05, 3.63) is 59.4 Å². The highest BCUT2D eigenvalue weighted by atomic mass is 35.5. The summed E-state index contributed by atoms with van der Waals surface area (Å²) in [7, 11) is 1.66. The number of fused-ring (bicyclic) bond motifs is 1. The number of likely N-dealkylation sites (N-methyl/N-ethyl adjacent to an activating group) is 1. The first-order chi connectivity index (χ1) is 18.1. The molecule has 10 heteroatoms. The van der Waals surface area contributed by atoms with E-state index in [0.717, 1.165) is 11.1 Å². The molecule has 0 bridgehead atoms. The van der Waals surface area contributed by atoms with E-state index < -0.39 is 12.1 Å². The first kappa shape index (κ1) is 28.7. The lowest BCUT2D eigenvalue weighted by Gasteiger charge is -2.32. The molecule has 0 saturated carbocycles. The van der Waals surface area contributed by atoms with E-state index in [1.807, 2.05) is 32.9 Å². The SMILES string of the molecule is CC(C)CC(C(=O)N1CC(C)CC1C#N)N(C)C(=O)c1cc2cccnc2[nH]1.O=CNc1ccc(Cl)cc1. The fraction of sp³-hybridized carbons (Fsp3) is 0.393. The summed E-state index contributed by atoms with van der Waals surface area (Å²) >= 11 is 5.60.